The number of aliphatic hydroxyl groups excluding tert-OH is 3. The van der Waals surface area contributed by atoms with Gasteiger partial charge in [-0.15, -0.1) is 0 Å². The first-order valence-corrected chi connectivity index (χ1v) is 14.0. The fourth-order valence-electron chi connectivity index (χ4n) is 11.6. The maximum atomic E-state index is 10.9. The second-order valence-corrected chi connectivity index (χ2v) is 14.4. The zero-order valence-electron chi connectivity index (χ0n) is 22.0. The van der Waals surface area contributed by atoms with E-state index in [4.69, 9.17) is 0 Å². The van der Waals surface area contributed by atoms with Crippen LogP contribution in [-0.4, -0.2) is 34.6 Å². The summed E-state index contributed by atoms with van der Waals surface area (Å²) < 4.78 is 0. The van der Waals surface area contributed by atoms with Gasteiger partial charge in [-0.05, 0) is 122 Å². The van der Waals surface area contributed by atoms with Crippen molar-refractivity contribution < 1.29 is 15.3 Å². The summed E-state index contributed by atoms with van der Waals surface area (Å²) in [7, 11) is 0. The Balaban J connectivity index is 1.55. The Bertz CT molecular complexity index is 808. The number of allylic oxidation sites excluding steroid dienone is 1. The van der Waals surface area contributed by atoms with E-state index in [2.05, 4.69) is 41.2 Å². The third-order valence-corrected chi connectivity index (χ3v) is 13.7. The smallest absolute Gasteiger partial charge is 0.0618 e. The molecule has 11 atom stereocenters. The Labute approximate surface area is 202 Å². The van der Waals surface area contributed by atoms with Crippen molar-refractivity contribution in [1.82, 2.24) is 0 Å². The highest BCUT2D eigenvalue weighted by Crippen LogP contribution is 2.77. The minimum atomic E-state index is -0.383. The molecule has 188 valence electrons. The third-order valence-electron chi connectivity index (χ3n) is 13.7. The highest BCUT2D eigenvalue weighted by molar-refractivity contribution is 5.21. The maximum Gasteiger partial charge on any atom is 0.0618 e. The van der Waals surface area contributed by atoms with Crippen LogP contribution in [-0.2, 0) is 0 Å². The van der Waals surface area contributed by atoms with Gasteiger partial charge in [0.2, 0.25) is 0 Å². The number of rotatable bonds is 3. The van der Waals surface area contributed by atoms with Crippen LogP contribution in [0.5, 0.6) is 0 Å². The molecule has 3 nitrogen and oxygen atoms in total. The molecule has 5 fully saturated rings. The van der Waals surface area contributed by atoms with E-state index in [0.29, 0.717) is 36.2 Å². The molecule has 0 radical (unpaired) electrons. The quantitative estimate of drug-likeness (QED) is 0.457. The van der Waals surface area contributed by atoms with Crippen LogP contribution in [0, 0.1) is 56.7 Å². The Morgan fingerprint density at radius 2 is 1.52 bits per heavy atom. The van der Waals surface area contributed by atoms with E-state index in [1.807, 2.05) is 0 Å². The highest BCUT2D eigenvalue weighted by atomic mass is 16.3. The van der Waals surface area contributed by atoms with Gasteiger partial charge in [-0.2, -0.15) is 0 Å². The van der Waals surface area contributed by atoms with Crippen LogP contribution in [0.25, 0.3) is 0 Å². The normalized spacial score (nSPS) is 58.1. The summed E-state index contributed by atoms with van der Waals surface area (Å²) >= 11 is 0. The van der Waals surface area contributed by atoms with Crippen LogP contribution in [0.2, 0.25) is 0 Å². The summed E-state index contributed by atoms with van der Waals surface area (Å²) in [4.78, 5) is 0. The number of fused-ring (bicyclic) bond motifs is 7. The first-order chi connectivity index (χ1) is 15.4. The lowest BCUT2D eigenvalue weighted by molar-refractivity contribution is -0.255. The van der Waals surface area contributed by atoms with Gasteiger partial charge in [-0.1, -0.05) is 39.8 Å². The van der Waals surface area contributed by atoms with E-state index in [-0.39, 0.29) is 39.8 Å². The lowest BCUT2D eigenvalue weighted by atomic mass is 9.32. The fraction of sp³-hybridized carbons (Fsp3) is 0.933. The second kappa shape index (κ2) is 7.56. The molecule has 0 aliphatic heterocycles. The van der Waals surface area contributed by atoms with Crippen LogP contribution in [0.1, 0.15) is 98.8 Å². The summed E-state index contributed by atoms with van der Waals surface area (Å²) in [5, 5.41) is 32.0. The van der Waals surface area contributed by atoms with Gasteiger partial charge in [0, 0.05) is 12.0 Å². The Morgan fingerprint density at radius 1 is 0.788 bits per heavy atom. The molecule has 0 aromatic heterocycles. The first-order valence-electron chi connectivity index (χ1n) is 14.0. The van der Waals surface area contributed by atoms with Crippen molar-refractivity contribution in [2.75, 3.05) is 13.2 Å². The minimum absolute atomic E-state index is 0.0964. The fourth-order valence-corrected chi connectivity index (χ4v) is 11.6. The molecular formula is C30H50O3. The predicted octanol–water partition coefficient (Wildman–Crippen LogP) is 5.97. The Morgan fingerprint density at radius 3 is 2.15 bits per heavy atom. The SMILES string of the molecule is C=C(C)[C@@H]1CC[C@]2(CO)CC[C@]3(C)[C@H](CC[C@H]4[C@@]5(C)CC[C@H](O)[C@](C)(CO)[C@@H]5CC[C@]43C)[C@@H]12. The van der Waals surface area contributed by atoms with Gasteiger partial charge in [0.05, 0.1) is 12.7 Å². The molecule has 0 aromatic carbocycles. The van der Waals surface area contributed by atoms with Crippen molar-refractivity contribution in [2.45, 2.75) is 105 Å². The molecule has 0 bridgehead atoms. The lowest BCUT2D eigenvalue weighted by Gasteiger charge is -2.73. The van der Waals surface area contributed by atoms with E-state index < -0.39 is 0 Å². The molecule has 0 heterocycles. The summed E-state index contributed by atoms with van der Waals surface area (Å²) in [6, 6.07) is 0. The highest BCUT2D eigenvalue weighted by Gasteiger charge is 2.71. The van der Waals surface area contributed by atoms with Crippen LogP contribution in [0.15, 0.2) is 12.2 Å². The van der Waals surface area contributed by atoms with Crippen LogP contribution in [0.3, 0.4) is 0 Å². The molecule has 5 rings (SSSR count). The molecule has 33 heavy (non-hydrogen) atoms. The number of hydrogen-bond acceptors (Lipinski definition) is 3. The van der Waals surface area contributed by atoms with E-state index in [9.17, 15) is 15.3 Å². The van der Waals surface area contributed by atoms with E-state index in [0.717, 1.165) is 19.3 Å². The Kier molecular flexibility index (Phi) is 5.57. The molecule has 5 saturated carbocycles. The van der Waals surface area contributed by atoms with Gasteiger partial charge < -0.3 is 15.3 Å². The third kappa shape index (κ3) is 2.85. The van der Waals surface area contributed by atoms with Crippen molar-refractivity contribution in [1.29, 1.82) is 0 Å². The molecule has 5 aliphatic rings. The molecule has 0 amide bonds. The van der Waals surface area contributed by atoms with Gasteiger partial charge in [-0.3, -0.25) is 0 Å². The number of aliphatic hydroxyl groups is 3. The molecule has 5 aliphatic carbocycles. The van der Waals surface area contributed by atoms with Crippen LogP contribution < -0.4 is 0 Å². The lowest BCUT2D eigenvalue weighted by Crippen LogP contribution is -2.67. The van der Waals surface area contributed by atoms with Gasteiger partial charge in [0.1, 0.15) is 0 Å². The van der Waals surface area contributed by atoms with Crippen LogP contribution in [0.4, 0.5) is 0 Å². The predicted molar refractivity (Wildman–Crippen MR) is 133 cm³/mol. The van der Waals surface area contributed by atoms with Gasteiger partial charge >= 0.3 is 0 Å². The maximum absolute atomic E-state index is 10.9. The van der Waals surface area contributed by atoms with E-state index in [1.54, 1.807) is 0 Å². The topological polar surface area (TPSA) is 60.7 Å². The largest absolute Gasteiger partial charge is 0.396 e. The summed E-state index contributed by atoms with van der Waals surface area (Å²) in [5.41, 5.74) is 1.83. The van der Waals surface area contributed by atoms with Crippen molar-refractivity contribution in [3.63, 3.8) is 0 Å². The minimum Gasteiger partial charge on any atom is -0.396 e. The van der Waals surface area contributed by atoms with Crippen molar-refractivity contribution in [3.05, 3.63) is 12.2 Å². The number of hydrogen-bond donors (Lipinski definition) is 3. The average Bonchev–Trinajstić information content (AvgIpc) is 3.17. The molecule has 0 spiro atoms. The monoisotopic (exact) mass is 458 g/mol. The van der Waals surface area contributed by atoms with Crippen molar-refractivity contribution in [2.24, 2.45) is 56.7 Å². The average molecular weight is 459 g/mol. The molecule has 0 unspecified atom stereocenters. The standard InChI is InChI=1S/C30H50O3/c1-19(2)20-9-14-30(18-32)16-15-28(5)21(25(20)30)7-8-23-26(3)12-11-24(33)27(4,17-31)22(26)10-13-29(23,28)6/h20-25,31-33H,1,7-18H2,2-6H3/t20-,21+,22+,23-,24-,25+,26-,27+,28+,29+,30+/m0/s1. The van der Waals surface area contributed by atoms with Gasteiger partial charge in [0.25, 0.3) is 0 Å². The summed E-state index contributed by atoms with van der Waals surface area (Å²) in [5.74, 6) is 2.86. The van der Waals surface area contributed by atoms with E-state index in [1.165, 1.54) is 50.5 Å². The van der Waals surface area contributed by atoms with E-state index >= 15 is 0 Å². The van der Waals surface area contributed by atoms with Gasteiger partial charge in [0.15, 0.2) is 0 Å². The van der Waals surface area contributed by atoms with Gasteiger partial charge in [-0.25, -0.2) is 0 Å². The molecule has 0 saturated heterocycles. The molecular weight excluding hydrogens is 408 g/mol. The second-order valence-electron chi connectivity index (χ2n) is 14.4. The molecule has 3 N–H and O–H groups in total. The van der Waals surface area contributed by atoms with Crippen LogP contribution >= 0.6 is 0 Å². The molecule has 0 aromatic rings. The summed E-state index contributed by atoms with van der Waals surface area (Å²) in [6.45, 7) is 17.0. The van der Waals surface area contributed by atoms with Crippen molar-refractivity contribution in [3.8, 4) is 0 Å². The zero-order valence-corrected chi connectivity index (χ0v) is 22.0. The van der Waals surface area contributed by atoms with Crippen molar-refractivity contribution >= 4 is 0 Å². The molecule has 3 heteroatoms. The summed E-state index contributed by atoms with van der Waals surface area (Å²) in [6.07, 6.45) is 11.2. The Hall–Kier alpha value is -0.380. The first kappa shape index (κ1) is 24.3. The zero-order chi connectivity index (χ0) is 24.0.